The molecule has 164 valence electrons. The number of nitrogens with one attached hydrogen (secondary N) is 1. The number of anilines is 1. The summed E-state index contributed by atoms with van der Waals surface area (Å²) in [5, 5.41) is 16.7. The highest BCUT2D eigenvalue weighted by Gasteiger charge is 2.19. The van der Waals surface area contributed by atoms with Crippen molar-refractivity contribution in [2.45, 2.75) is 32.7 Å². The molecule has 3 N–H and O–H groups in total. The molecule has 0 radical (unpaired) electrons. The number of carbonyl (C=O) groups excluding carboxylic acids is 1. The standard InChI is InChI=1S/C23H25N7O2/c1-14(2)27-21-18(11-24)10-19(13-26-21)23-28-22(29-32-23)17-4-3-15-5-7-30(20(31)12-25)8-6-16(15)9-17/h3-4,9-10,13-14H,5-8,12,25H2,1-2H3,(H,26,27). The summed E-state index contributed by atoms with van der Waals surface area (Å²) in [7, 11) is 0. The third-order valence-corrected chi connectivity index (χ3v) is 5.40. The van der Waals surface area contributed by atoms with E-state index in [1.54, 1.807) is 12.3 Å². The Morgan fingerprint density at radius 3 is 2.75 bits per heavy atom. The van der Waals surface area contributed by atoms with Crippen molar-refractivity contribution in [1.82, 2.24) is 20.0 Å². The fraction of sp³-hybridized carbons (Fsp3) is 0.348. The molecule has 1 aliphatic rings. The number of benzene rings is 1. The van der Waals surface area contributed by atoms with E-state index in [2.05, 4.69) is 38.6 Å². The van der Waals surface area contributed by atoms with Crippen LogP contribution in [0, 0.1) is 11.3 Å². The van der Waals surface area contributed by atoms with Crippen LogP contribution in [0.2, 0.25) is 0 Å². The lowest BCUT2D eigenvalue weighted by molar-refractivity contribution is -0.129. The molecular formula is C23H25N7O2. The third-order valence-electron chi connectivity index (χ3n) is 5.40. The van der Waals surface area contributed by atoms with Gasteiger partial charge in [-0.05, 0) is 49.9 Å². The Hall–Kier alpha value is -3.77. The van der Waals surface area contributed by atoms with Gasteiger partial charge in [-0.2, -0.15) is 10.2 Å². The Morgan fingerprint density at radius 1 is 1.25 bits per heavy atom. The molecule has 1 aliphatic heterocycles. The molecule has 1 amide bonds. The Labute approximate surface area is 186 Å². The average molecular weight is 432 g/mol. The maximum Gasteiger partial charge on any atom is 0.259 e. The van der Waals surface area contributed by atoms with E-state index < -0.39 is 0 Å². The second-order valence-electron chi connectivity index (χ2n) is 8.02. The smallest absolute Gasteiger partial charge is 0.259 e. The summed E-state index contributed by atoms with van der Waals surface area (Å²) >= 11 is 0. The molecule has 0 fully saturated rings. The van der Waals surface area contributed by atoms with Crippen LogP contribution in [0.5, 0.6) is 0 Å². The highest BCUT2D eigenvalue weighted by atomic mass is 16.5. The number of fused-ring (bicyclic) bond motifs is 1. The van der Waals surface area contributed by atoms with Gasteiger partial charge < -0.3 is 20.5 Å². The highest BCUT2D eigenvalue weighted by Crippen LogP contribution is 2.27. The van der Waals surface area contributed by atoms with Crippen LogP contribution in [0.15, 0.2) is 35.0 Å². The van der Waals surface area contributed by atoms with E-state index in [1.165, 1.54) is 11.1 Å². The quantitative estimate of drug-likeness (QED) is 0.629. The number of aromatic nitrogens is 3. The van der Waals surface area contributed by atoms with Gasteiger partial charge in [0.05, 0.1) is 17.7 Å². The number of carbonyl (C=O) groups is 1. The lowest BCUT2D eigenvalue weighted by Crippen LogP contribution is -2.37. The SMILES string of the molecule is CC(C)Nc1ncc(-c2nc(-c3ccc4c(c3)CCN(C(=O)CN)CC4)no2)cc1C#N. The summed E-state index contributed by atoms with van der Waals surface area (Å²) in [5.41, 5.74) is 9.72. The van der Waals surface area contributed by atoms with Crippen LogP contribution < -0.4 is 11.1 Å². The lowest BCUT2D eigenvalue weighted by Gasteiger charge is -2.18. The predicted octanol–water partition coefficient (Wildman–Crippen LogP) is 2.38. The monoisotopic (exact) mass is 431 g/mol. The minimum atomic E-state index is -0.0270. The number of nitriles is 1. The normalized spacial score (nSPS) is 13.4. The van der Waals surface area contributed by atoms with Crippen molar-refractivity contribution in [2.75, 3.05) is 25.0 Å². The topological polar surface area (TPSA) is 134 Å². The third kappa shape index (κ3) is 4.45. The Morgan fingerprint density at radius 2 is 2.03 bits per heavy atom. The van der Waals surface area contributed by atoms with E-state index in [4.69, 9.17) is 10.3 Å². The van der Waals surface area contributed by atoms with Gasteiger partial charge in [0, 0.05) is 30.9 Å². The summed E-state index contributed by atoms with van der Waals surface area (Å²) in [6, 6.07) is 10.1. The summed E-state index contributed by atoms with van der Waals surface area (Å²) < 4.78 is 5.46. The summed E-state index contributed by atoms with van der Waals surface area (Å²) in [6.45, 7) is 5.31. The molecular weight excluding hydrogens is 406 g/mol. The van der Waals surface area contributed by atoms with Gasteiger partial charge in [-0.25, -0.2) is 4.98 Å². The van der Waals surface area contributed by atoms with E-state index >= 15 is 0 Å². The molecule has 3 heterocycles. The molecule has 2 aromatic heterocycles. The zero-order valence-corrected chi connectivity index (χ0v) is 18.1. The molecule has 0 saturated carbocycles. The fourth-order valence-corrected chi connectivity index (χ4v) is 3.76. The Balaban J connectivity index is 1.57. The molecule has 3 aromatic rings. The van der Waals surface area contributed by atoms with E-state index in [9.17, 15) is 10.1 Å². The summed E-state index contributed by atoms with van der Waals surface area (Å²) in [5.74, 6) is 1.26. The van der Waals surface area contributed by atoms with Crippen LogP contribution in [0.4, 0.5) is 5.82 Å². The lowest BCUT2D eigenvalue weighted by atomic mass is 10.00. The second kappa shape index (κ2) is 9.16. The number of nitrogens with two attached hydrogens (primary N) is 1. The summed E-state index contributed by atoms with van der Waals surface area (Å²) in [6.07, 6.45) is 3.15. The van der Waals surface area contributed by atoms with Crippen molar-refractivity contribution < 1.29 is 9.32 Å². The molecule has 9 heteroatoms. The largest absolute Gasteiger partial charge is 0.367 e. The summed E-state index contributed by atoms with van der Waals surface area (Å²) in [4.78, 5) is 22.6. The van der Waals surface area contributed by atoms with Crippen LogP contribution in [-0.2, 0) is 17.6 Å². The highest BCUT2D eigenvalue weighted by molar-refractivity contribution is 5.78. The Kier molecular flexibility index (Phi) is 6.14. The van der Waals surface area contributed by atoms with Gasteiger partial charge in [0.25, 0.3) is 5.89 Å². The Bertz CT molecular complexity index is 1180. The molecule has 0 atom stereocenters. The van der Waals surface area contributed by atoms with Gasteiger partial charge in [-0.3, -0.25) is 4.79 Å². The number of rotatable bonds is 5. The average Bonchev–Trinajstić information content (AvgIpc) is 3.19. The van der Waals surface area contributed by atoms with Gasteiger partial charge in [0.15, 0.2) is 0 Å². The molecule has 0 unspecified atom stereocenters. The first kappa shape index (κ1) is 21.5. The first-order valence-electron chi connectivity index (χ1n) is 10.6. The molecule has 0 bridgehead atoms. The second-order valence-corrected chi connectivity index (χ2v) is 8.02. The van der Waals surface area contributed by atoms with Crippen LogP contribution in [0.3, 0.4) is 0 Å². The van der Waals surface area contributed by atoms with Gasteiger partial charge in [-0.15, -0.1) is 0 Å². The van der Waals surface area contributed by atoms with Crippen LogP contribution in [0.1, 0.15) is 30.5 Å². The minimum Gasteiger partial charge on any atom is -0.367 e. The van der Waals surface area contributed by atoms with Crippen LogP contribution in [-0.4, -0.2) is 51.6 Å². The number of nitrogens with zero attached hydrogens (tertiary/aromatic N) is 5. The maximum atomic E-state index is 12.0. The van der Waals surface area contributed by atoms with Crippen molar-refractivity contribution in [2.24, 2.45) is 5.73 Å². The molecule has 0 spiro atoms. The molecule has 32 heavy (non-hydrogen) atoms. The van der Waals surface area contributed by atoms with Crippen LogP contribution in [0.25, 0.3) is 22.8 Å². The van der Waals surface area contributed by atoms with Gasteiger partial charge in [0.1, 0.15) is 11.9 Å². The molecule has 4 rings (SSSR count). The van der Waals surface area contributed by atoms with Crippen LogP contribution >= 0.6 is 0 Å². The van der Waals surface area contributed by atoms with E-state index in [0.29, 0.717) is 41.7 Å². The van der Waals surface area contributed by atoms with Crippen molar-refractivity contribution in [1.29, 1.82) is 5.26 Å². The van der Waals surface area contributed by atoms with E-state index in [-0.39, 0.29) is 18.5 Å². The van der Waals surface area contributed by atoms with Gasteiger partial charge >= 0.3 is 0 Å². The van der Waals surface area contributed by atoms with Gasteiger partial charge in [0.2, 0.25) is 11.7 Å². The number of hydrogen-bond donors (Lipinski definition) is 2. The zero-order valence-electron chi connectivity index (χ0n) is 18.1. The fourth-order valence-electron chi connectivity index (χ4n) is 3.76. The minimum absolute atomic E-state index is 0.0270. The van der Waals surface area contributed by atoms with E-state index in [0.717, 1.165) is 18.4 Å². The molecule has 1 aromatic carbocycles. The van der Waals surface area contributed by atoms with Gasteiger partial charge in [-0.1, -0.05) is 17.3 Å². The number of amides is 1. The van der Waals surface area contributed by atoms with Crippen molar-refractivity contribution in [3.63, 3.8) is 0 Å². The predicted molar refractivity (Wildman–Crippen MR) is 119 cm³/mol. The number of pyridine rings is 1. The first-order valence-corrected chi connectivity index (χ1v) is 10.6. The number of hydrogen-bond acceptors (Lipinski definition) is 8. The van der Waals surface area contributed by atoms with Crippen molar-refractivity contribution in [3.05, 3.63) is 47.2 Å². The molecule has 0 aliphatic carbocycles. The van der Waals surface area contributed by atoms with Crippen molar-refractivity contribution in [3.8, 4) is 28.9 Å². The zero-order chi connectivity index (χ0) is 22.7. The van der Waals surface area contributed by atoms with E-state index in [1.807, 2.05) is 24.8 Å². The maximum absolute atomic E-state index is 12.0. The molecule has 9 nitrogen and oxygen atoms in total. The first-order chi connectivity index (χ1) is 15.5. The molecule has 0 saturated heterocycles. The van der Waals surface area contributed by atoms with Crippen molar-refractivity contribution >= 4 is 11.7 Å².